The summed E-state index contributed by atoms with van der Waals surface area (Å²) in [6.07, 6.45) is 0. The number of hydrogen-bond acceptors (Lipinski definition) is 4. The molecular formula is C17H20FN3O4. The normalized spacial score (nSPS) is 11.8. The number of fused-ring (bicyclic) bond motifs is 1. The van der Waals surface area contributed by atoms with Crippen LogP contribution in [0.5, 0.6) is 0 Å². The Morgan fingerprint density at radius 1 is 1.16 bits per heavy atom. The largest absolute Gasteiger partial charge is 0.459 e. The Balaban J connectivity index is 1.94. The number of aryl methyl sites for hydroxylation is 1. The van der Waals surface area contributed by atoms with Gasteiger partial charge in [0.2, 0.25) is 17.7 Å². The van der Waals surface area contributed by atoms with Crippen LogP contribution in [0.1, 0.15) is 31.2 Å². The van der Waals surface area contributed by atoms with Gasteiger partial charge in [0.1, 0.15) is 17.2 Å². The molecule has 1 atom stereocenters. The molecule has 0 fully saturated rings. The van der Waals surface area contributed by atoms with E-state index in [9.17, 15) is 18.8 Å². The first-order chi connectivity index (χ1) is 11.8. The number of nitrogens with one attached hydrogen (secondary N) is 3. The van der Waals surface area contributed by atoms with Crippen LogP contribution >= 0.6 is 0 Å². The molecule has 0 spiro atoms. The molecule has 3 N–H and O–H groups in total. The van der Waals surface area contributed by atoms with Gasteiger partial charge in [-0.05, 0) is 32.0 Å². The van der Waals surface area contributed by atoms with Gasteiger partial charge in [-0.15, -0.1) is 0 Å². The maximum atomic E-state index is 13.3. The van der Waals surface area contributed by atoms with Crippen molar-refractivity contribution in [1.29, 1.82) is 0 Å². The van der Waals surface area contributed by atoms with E-state index in [1.54, 1.807) is 13.8 Å². The van der Waals surface area contributed by atoms with E-state index >= 15 is 0 Å². The summed E-state index contributed by atoms with van der Waals surface area (Å²) in [5.41, 5.74) is 1.29. The summed E-state index contributed by atoms with van der Waals surface area (Å²) in [6.45, 7) is 4.41. The molecule has 1 heterocycles. The third kappa shape index (κ3) is 4.79. The average molecular weight is 349 g/mol. The summed E-state index contributed by atoms with van der Waals surface area (Å²) in [6, 6.07) is 3.78. The van der Waals surface area contributed by atoms with Crippen LogP contribution in [0, 0.1) is 12.7 Å². The zero-order valence-electron chi connectivity index (χ0n) is 14.2. The fraction of sp³-hybridized carbons (Fsp3) is 0.353. The van der Waals surface area contributed by atoms with E-state index in [2.05, 4.69) is 16.0 Å². The number of hydrogen-bond donors (Lipinski definition) is 3. The Morgan fingerprint density at radius 2 is 1.84 bits per heavy atom. The lowest BCUT2D eigenvalue weighted by atomic mass is 10.1. The smallest absolute Gasteiger partial charge is 0.239 e. The van der Waals surface area contributed by atoms with Gasteiger partial charge in [0.05, 0.1) is 19.1 Å². The first-order valence-electron chi connectivity index (χ1n) is 7.77. The summed E-state index contributed by atoms with van der Waals surface area (Å²) in [5.74, 6) is -1.03. The van der Waals surface area contributed by atoms with E-state index in [1.807, 2.05) is 0 Å². The van der Waals surface area contributed by atoms with Crippen LogP contribution in [0.25, 0.3) is 11.0 Å². The lowest BCUT2D eigenvalue weighted by Crippen LogP contribution is -2.42. The van der Waals surface area contributed by atoms with Gasteiger partial charge >= 0.3 is 0 Å². The number of amides is 3. The molecular weight excluding hydrogens is 329 g/mol. The minimum atomic E-state index is -0.464. The second-order valence-electron chi connectivity index (χ2n) is 5.71. The highest BCUT2D eigenvalue weighted by atomic mass is 19.1. The standard InChI is InChI=1S/C17H20FN3O4/c1-9-13-6-12(18)4-5-14(13)25-17(9)10(2)21-16(24)8-20-15(23)7-19-11(3)22/h4-6,10H,7-8H2,1-3H3,(H,19,22)(H,20,23)(H,21,24)/t10-/m1/s1. The number of benzene rings is 1. The van der Waals surface area contributed by atoms with Crippen molar-refractivity contribution in [2.45, 2.75) is 26.8 Å². The molecule has 8 heteroatoms. The van der Waals surface area contributed by atoms with E-state index in [0.717, 1.165) is 5.56 Å². The number of furan rings is 1. The van der Waals surface area contributed by atoms with Crippen molar-refractivity contribution in [3.63, 3.8) is 0 Å². The summed E-state index contributed by atoms with van der Waals surface area (Å²) in [5, 5.41) is 8.09. The average Bonchev–Trinajstić information content (AvgIpc) is 2.87. The molecule has 0 saturated heterocycles. The van der Waals surface area contributed by atoms with Crippen molar-refractivity contribution in [2.75, 3.05) is 13.1 Å². The van der Waals surface area contributed by atoms with Crippen LogP contribution in [0.15, 0.2) is 22.6 Å². The van der Waals surface area contributed by atoms with E-state index in [0.29, 0.717) is 16.7 Å². The Kier molecular flexibility index (Phi) is 5.74. The molecule has 0 saturated carbocycles. The first-order valence-corrected chi connectivity index (χ1v) is 7.77. The molecule has 3 amide bonds. The third-order valence-electron chi connectivity index (χ3n) is 3.65. The van der Waals surface area contributed by atoms with Gasteiger partial charge in [0.15, 0.2) is 0 Å². The van der Waals surface area contributed by atoms with Crippen LogP contribution in [0.3, 0.4) is 0 Å². The van der Waals surface area contributed by atoms with Crippen molar-refractivity contribution in [3.8, 4) is 0 Å². The zero-order valence-corrected chi connectivity index (χ0v) is 14.2. The van der Waals surface area contributed by atoms with Gasteiger partial charge in [-0.2, -0.15) is 0 Å². The molecule has 1 aromatic carbocycles. The highest BCUT2D eigenvalue weighted by molar-refractivity contribution is 5.88. The molecule has 25 heavy (non-hydrogen) atoms. The second kappa shape index (κ2) is 7.78. The Labute approximate surface area is 143 Å². The number of carbonyl (C=O) groups excluding carboxylic acids is 3. The molecule has 0 aliphatic rings. The molecule has 7 nitrogen and oxygen atoms in total. The van der Waals surface area contributed by atoms with Crippen LogP contribution < -0.4 is 16.0 Å². The molecule has 0 aliphatic heterocycles. The number of rotatable bonds is 6. The molecule has 0 unspecified atom stereocenters. The molecule has 2 rings (SSSR count). The van der Waals surface area contributed by atoms with Crippen LogP contribution in [-0.2, 0) is 14.4 Å². The molecule has 0 aliphatic carbocycles. The zero-order chi connectivity index (χ0) is 18.6. The maximum Gasteiger partial charge on any atom is 0.239 e. The van der Waals surface area contributed by atoms with Crippen molar-refractivity contribution >= 4 is 28.7 Å². The van der Waals surface area contributed by atoms with Gasteiger partial charge in [0.25, 0.3) is 0 Å². The van der Waals surface area contributed by atoms with Crippen molar-refractivity contribution in [2.24, 2.45) is 0 Å². The Hall–Kier alpha value is -2.90. The lowest BCUT2D eigenvalue weighted by Gasteiger charge is -2.13. The maximum absolute atomic E-state index is 13.3. The topological polar surface area (TPSA) is 100 Å². The van der Waals surface area contributed by atoms with Crippen LogP contribution in [-0.4, -0.2) is 30.8 Å². The quantitative estimate of drug-likeness (QED) is 0.732. The second-order valence-corrected chi connectivity index (χ2v) is 5.71. The Morgan fingerprint density at radius 3 is 2.52 bits per heavy atom. The van der Waals surface area contributed by atoms with Crippen LogP contribution in [0.4, 0.5) is 4.39 Å². The van der Waals surface area contributed by atoms with Crippen LogP contribution in [0.2, 0.25) is 0 Å². The monoisotopic (exact) mass is 349 g/mol. The van der Waals surface area contributed by atoms with Gasteiger partial charge in [-0.1, -0.05) is 0 Å². The molecule has 134 valence electrons. The third-order valence-corrected chi connectivity index (χ3v) is 3.65. The van der Waals surface area contributed by atoms with Gasteiger partial charge < -0.3 is 20.4 Å². The van der Waals surface area contributed by atoms with Crippen molar-refractivity contribution in [1.82, 2.24) is 16.0 Å². The van der Waals surface area contributed by atoms with E-state index in [-0.39, 0.29) is 24.8 Å². The van der Waals surface area contributed by atoms with E-state index in [1.165, 1.54) is 25.1 Å². The van der Waals surface area contributed by atoms with E-state index < -0.39 is 17.9 Å². The fourth-order valence-electron chi connectivity index (χ4n) is 2.43. The first kappa shape index (κ1) is 18.4. The molecule has 0 radical (unpaired) electrons. The highest BCUT2D eigenvalue weighted by Crippen LogP contribution is 2.29. The Bertz CT molecular complexity index is 816. The minimum Gasteiger partial charge on any atom is -0.459 e. The predicted molar refractivity (Wildman–Crippen MR) is 89.2 cm³/mol. The van der Waals surface area contributed by atoms with E-state index in [4.69, 9.17) is 4.42 Å². The molecule has 2 aromatic rings. The fourth-order valence-corrected chi connectivity index (χ4v) is 2.43. The summed E-state index contributed by atoms with van der Waals surface area (Å²) >= 11 is 0. The SMILES string of the molecule is CC(=O)NCC(=O)NCC(=O)N[C@H](C)c1oc2ccc(F)cc2c1C. The molecule has 0 bridgehead atoms. The molecule has 1 aromatic heterocycles. The summed E-state index contributed by atoms with van der Waals surface area (Å²) < 4.78 is 19.0. The lowest BCUT2D eigenvalue weighted by molar-refractivity contribution is -0.127. The summed E-state index contributed by atoms with van der Waals surface area (Å²) in [4.78, 5) is 34.1. The number of halogens is 1. The number of carbonyl (C=O) groups is 3. The highest BCUT2D eigenvalue weighted by Gasteiger charge is 2.19. The predicted octanol–water partition coefficient (Wildman–Crippen LogP) is 1.31. The minimum absolute atomic E-state index is 0.188. The van der Waals surface area contributed by atoms with Gasteiger partial charge in [-0.3, -0.25) is 14.4 Å². The summed E-state index contributed by atoms with van der Waals surface area (Å²) in [7, 11) is 0. The van der Waals surface area contributed by atoms with Crippen molar-refractivity contribution < 1.29 is 23.2 Å². The van der Waals surface area contributed by atoms with Gasteiger partial charge in [0, 0.05) is 17.9 Å². The van der Waals surface area contributed by atoms with Crippen molar-refractivity contribution in [3.05, 3.63) is 35.3 Å². The van der Waals surface area contributed by atoms with Gasteiger partial charge in [-0.25, -0.2) is 4.39 Å².